The van der Waals surface area contributed by atoms with E-state index in [1.807, 2.05) is 0 Å². The average molecular weight is 263 g/mol. The fourth-order valence-corrected chi connectivity index (χ4v) is 1.43. The zero-order valence-electron chi connectivity index (χ0n) is 9.75. The molecule has 0 aliphatic carbocycles. The first-order chi connectivity index (χ1) is 9.04. The molecule has 19 heavy (non-hydrogen) atoms. The Hall–Kier alpha value is -2.90. The van der Waals surface area contributed by atoms with Crippen LogP contribution < -0.4 is 21.4 Å². The second-order valence-corrected chi connectivity index (χ2v) is 3.76. The Labute approximate surface area is 106 Å². The van der Waals surface area contributed by atoms with Crippen molar-refractivity contribution in [3.8, 4) is 0 Å². The Bertz CT molecular complexity index is 656. The molecule has 0 spiro atoms. The van der Waals surface area contributed by atoms with Crippen molar-refractivity contribution in [1.29, 1.82) is 0 Å². The number of amides is 2. The van der Waals surface area contributed by atoms with Gasteiger partial charge in [0.25, 0.3) is 18.6 Å². The van der Waals surface area contributed by atoms with Crippen LogP contribution >= 0.6 is 0 Å². The smallest absolute Gasteiger partial charge is 0.366 e. The minimum atomic E-state index is -0.571. The van der Waals surface area contributed by atoms with Crippen molar-refractivity contribution in [3.05, 3.63) is 46.4 Å². The SMILES string of the molecule is NC(=O)c1ccc(NC(=O)C[n+]2cc(=O)o[nH]2)cc1. The number of aromatic amines is 1. The van der Waals surface area contributed by atoms with Gasteiger partial charge in [-0.3, -0.25) is 14.1 Å². The Morgan fingerprint density at radius 2 is 2.00 bits per heavy atom. The van der Waals surface area contributed by atoms with Crippen molar-refractivity contribution in [2.24, 2.45) is 5.73 Å². The molecule has 1 aromatic heterocycles. The fraction of sp³-hybridized carbons (Fsp3) is 0.0909. The number of nitrogens with one attached hydrogen (secondary N) is 2. The molecule has 0 radical (unpaired) electrons. The molecule has 0 saturated heterocycles. The van der Waals surface area contributed by atoms with E-state index in [-0.39, 0.29) is 12.5 Å². The van der Waals surface area contributed by atoms with Gasteiger partial charge in [-0.25, -0.2) is 4.79 Å². The average Bonchev–Trinajstić information content (AvgIpc) is 2.75. The van der Waals surface area contributed by atoms with E-state index in [2.05, 4.69) is 15.1 Å². The highest BCUT2D eigenvalue weighted by atomic mass is 16.5. The quantitative estimate of drug-likeness (QED) is 0.612. The number of nitrogens with zero attached hydrogens (tertiary/aromatic N) is 1. The summed E-state index contributed by atoms with van der Waals surface area (Å²) in [5.74, 6) is -0.890. The Morgan fingerprint density at radius 1 is 1.32 bits per heavy atom. The molecule has 4 N–H and O–H groups in total. The summed E-state index contributed by atoms with van der Waals surface area (Å²) in [5.41, 5.74) is 5.39. The van der Waals surface area contributed by atoms with Crippen LogP contribution in [0, 0.1) is 0 Å². The first-order valence-electron chi connectivity index (χ1n) is 5.32. The van der Waals surface area contributed by atoms with Gasteiger partial charge in [-0.1, -0.05) is 4.68 Å². The lowest BCUT2D eigenvalue weighted by molar-refractivity contribution is -0.750. The first kappa shape index (κ1) is 12.6. The number of carbonyl (C=O) groups excluding carboxylic acids is 2. The van der Waals surface area contributed by atoms with Crippen LogP contribution in [-0.2, 0) is 11.3 Å². The van der Waals surface area contributed by atoms with Crippen LogP contribution in [0.4, 0.5) is 5.69 Å². The third kappa shape index (κ3) is 3.28. The van der Waals surface area contributed by atoms with Gasteiger partial charge in [0.1, 0.15) is 0 Å². The molecule has 2 aromatic rings. The Kier molecular flexibility index (Phi) is 3.42. The highest BCUT2D eigenvalue weighted by Gasteiger charge is 2.13. The van der Waals surface area contributed by atoms with Gasteiger partial charge in [0, 0.05) is 11.3 Å². The normalized spacial score (nSPS) is 10.1. The number of hydrogen-bond acceptors (Lipinski definition) is 4. The lowest BCUT2D eigenvalue weighted by atomic mass is 10.2. The molecule has 0 bridgehead atoms. The second kappa shape index (κ2) is 5.17. The van der Waals surface area contributed by atoms with Crippen molar-refractivity contribution in [2.45, 2.75) is 6.54 Å². The van der Waals surface area contributed by atoms with Crippen molar-refractivity contribution in [2.75, 3.05) is 5.32 Å². The first-order valence-corrected chi connectivity index (χ1v) is 5.32. The maximum absolute atomic E-state index is 11.6. The second-order valence-electron chi connectivity index (χ2n) is 3.76. The van der Waals surface area contributed by atoms with Crippen LogP contribution in [0.1, 0.15) is 10.4 Å². The molecule has 0 aliphatic rings. The van der Waals surface area contributed by atoms with Crippen molar-refractivity contribution >= 4 is 17.5 Å². The lowest BCUT2D eigenvalue weighted by Crippen LogP contribution is -2.41. The molecule has 0 aliphatic heterocycles. The van der Waals surface area contributed by atoms with E-state index in [4.69, 9.17) is 5.73 Å². The number of H-pyrrole nitrogens is 1. The Balaban J connectivity index is 1.98. The summed E-state index contributed by atoms with van der Waals surface area (Å²) in [5, 5.41) is 4.84. The van der Waals surface area contributed by atoms with E-state index in [0.717, 1.165) is 6.20 Å². The van der Waals surface area contributed by atoms with Crippen molar-refractivity contribution < 1.29 is 18.8 Å². The van der Waals surface area contributed by atoms with E-state index in [0.29, 0.717) is 11.3 Å². The molecule has 0 fully saturated rings. The number of rotatable bonds is 4. The van der Waals surface area contributed by atoms with E-state index in [1.165, 1.54) is 16.8 Å². The van der Waals surface area contributed by atoms with Gasteiger partial charge in [0.05, 0.1) is 0 Å². The number of aromatic nitrogens is 2. The predicted molar refractivity (Wildman–Crippen MR) is 63.1 cm³/mol. The molecule has 98 valence electrons. The molecule has 1 aromatic carbocycles. The summed E-state index contributed by atoms with van der Waals surface area (Å²) >= 11 is 0. The molecular formula is C11H11N4O4+. The molecule has 1 heterocycles. The van der Waals surface area contributed by atoms with Gasteiger partial charge < -0.3 is 11.1 Å². The van der Waals surface area contributed by atoms with Crippen LogP contribution in [0.2, 0.25) is 0 Å². The van der Waals surface area contributed by atoms with Crippen molar-refractivity contribution in [3.63, 3.8) is 0 Å². The van der Waals surface area contributed by atoms with Crippen LogP contribution in [0.25, 0.3) is 0 Å². The molecule has 0 unspecified atom stereocenters. The standard InChI is InChI=1S/C11H10N4O4/c12-11(18)7-1-3-8(4-2-7)13-9(16)5-15-6-10(17)19-14-15/h1-4,6H,5H2,(H3-,12,13,14,16,17,18)/p+1. The van der Waals surface area contributed by atoms with E-state index >= 15 is 0 Å². The molecule has 2 amide bonds. The molecule has 2 rings (SSSR count). The van der Waals surface area contributed by atoms with Crippen LogP contribution in [0.5, 0.6) is 0 Å². The summed E-state index contributed by atoms with van der Waals surface area (Å²) in [6.45, 7) is -0.0939. The summed E-state index contributed by atoms with van der Waals surface area (Å²) in [4.78, 5) is 33.2. The number of carbonyl (C=O) groups is 2. The lowest BCUT2D eigenvalue weighted by Gasteiger charge is -2.02. The van der Waals surface area contributed by atoms with Gasteiger partial charge in [-0.15, -0.1) is 0 Å². The van der Waals surface area contributed by atoms with E-state index in [9.17, 15) is 14.4 Å². The largest absolute Gasteiger partial charge is 0.426 e. The van der Waals surface area contributed by atoms with Gasteiger partial charge in [0.15, 0.2) is 0 Å². The predicted octanol–water partition coefficient (Wildman–Crippen LogP) is -1.01. The number of benzene rings is 1. The number of hydrogen-bond donors (Lipinski definition) is 3. The zero-order chi connectivity index (χ0) is 13.8. The topological polar surface area (TPSA) is 122 Å². The highest BCUT2D eigenvalue weighted by Crippen LogP contribution is 2.08. The summed E-state index contributed by atoms with van der Waals surface area (Å²) in [7, 11) is 0. The van der Waals surface area contributed by atoms with Gasteiger partial charge in [-0.05, 0) is 29.5 Å². The Morgan fingerprint density at radius 3 is 2.53 bits per heavy atom. The van der Waals surface area contributed by atoms with Crippen LogP contribution in [0.15, 0.2) is 39.8 Å². The number of nitrogens with two attached hydrogens (primary N) is 1. The summed E-state index contributed by atoms with van der Waals surface area (Å²) < 4.78 is 5.61. The molecule has 8 heteroatoms. The van der Waals surface area contributed by atoms with Crippen molar-refractivity contribution in [1.82, 2.24) is 5.27 Å². The fourth-order valence-electron chi connectivity index (χ4n) is 1.43. The van der Waals surface area contributed by atoms with Crippen LogP contribution in [-0.4, -0.2) is 17.1 Å². The number of primary amides is 1. The molecule has 0 atom stereocenters. The third-order valence-corrected chi connectivity index (χ3v) is 2.29. The highest BCUT2D eigenvalue weighted by molar-refractivity contribution is 5.94. The number of anilines is 1. The molecular weight excluding hydrogens is 252 g/mol. The third-order valence-electron chi connectivity index (χ3n) is 2.29. The maximum Gasteiger partial charge on any atom is 0.426 e. The van der Waals surface area contributed by atoms with E-state index in [1.54, 1.807) is 12.1 Å². The van der Waals surface area contributed by atoms with E-state index < -0.39 is 11.5 Å². The molecule has 0 saturated carbocycles. The van der Waals surface area contributed by atoms with Gasteiger partial charge in [0.2, 0.25) is 5.91 Å². The van der Waals surface area contributed by atoms with Gasteiger partial charge >= 0.3 is 5.63 Å². The minimum Gasteiger partial charge on any atom is -0.366 e. The molecule has 8 nitrogen and oxygen atoms in total. The monoisotopic (exact) mass is 263 g/mol. The minimum absolute atomic E-state index is 0.0939. The maximum atomic E-state index is 11.6. The zero-order valence-corrected chi connectivity index (χ0v) is 9.75. The van der Waals surface area contributed by atoms with Gasteiger partial charge in [-0.2, -0.15) is 0 Å². The van der Waals surface area contributed by atoms with Crippen LogP contribution in [0.3, 0.4) is 0 Å². The summed E-state index contributed by atoms with van der Waals surface area (Å²) in [6, 6.07) is 6.12. The summed E-state index contributed by atoms with van der Waals surface area (Å²) in [6.07, 6.45) is 1.12.